The molecule has 1 atom stereocenters. The van der Waals surface area contributed by atoms with Gasteiger partial charge in [0.1, 0.15) is 5.75 Å². The van der Waals surface area contributed by atoms with Gasteiger partial charge in [-0.15, -0.1) is 11.3 Å². The van der Waals surface area contributed by atoms with Gasteiger partial charge in [-0.05, 0) is 37.8 Å². The number of carbonyl (C=O) groups is 1. The molecule has 1 N–H and O–H groups in total. The van der Waals surface area contributed by atoms with Crippen molar-refractivity contribution in [1.82, 2.24) is 15.1 Å². The van der Waals surface area contributed by atoms with E-state index in [9.17, 15) is 4.79 Å². The summed E-state index contributed by atoms with van der Waals surface area (Å²) in [6.07, 6.45) is 0.905. The molecular formula is C22H31N3O2S. The molecule has 1 saturated heterocycles. The second kappa shape index (κ2) is 10.0. The number of nitrogens with one attached hydrogen (secondary N) is 1. The Morgan fingerprint density at radius 2 is 2.04 bits per heavy atom. The first-order chi connectivity index (χ1) is 13.6. The summed E-state index contributed by atoms with van der Waals surface area (Å²) in [4.78, 5) is 18.5. The molecule has 0 spiro atoms. The van der Waals surface area contributed by atoms with Crippen molar-refractivity contribution in [3.63, 3.8) is 0 Å². The molecule has 2 aromatic rings. The molecule has 3 rings (SSSR count). The molecule has 0 saturated carbocycles. The van der Waals surface area contributed by atoms with E-state index >= 15 is 0 Å². The number of methoxy groups -OCH3 is 1. The van der Waals surface area contributed by atoms with E-state index in [-0.39, 0.29) is 11.9 Å². The number of piperazine rings is 1. The van der Waals surface area contributed by atoms with Crippen LogP contribution in [0.15, 0.2) is 35.7 Å². The first-order valence-corrected chi connectivity index (χ1v) is 10.8. The van der Waals surface area contributed by atoms with Crippen LogP contribution in [0.25, 0.3) is 0 Å². The van der Waals surface area contributed by atoms with Gasteiger partial charge >= 0.3 is 0 Å². The molecular weight excluding hydrogens is 370 g/mol. The maximum absolute atomic E-state index is 12.5. The van der Waals surface area contributed by atoms with Crippen molar-refractivity contribution in [3.05, 3.63) is 51.7 Å². The number of amides is 1. The Bertz CT molecular complexity index is 755. The van der Waals surface area contributed by atoms with Gasteiger partial charge in [-0.2, -0.15) is 0 Å². The lowest BCUT2D eigenvalue weighted by molar-refractivity contribution is -0.126. The van der Waals surface area contributed by atoms with Crippen LogP contribution in [0.5, 0.6) is 5.75 Å². The number of nitrogens with zero attached hydrogens (tertiary/aromatic N) is 2. The number of aryl methyl sites for hydroxylation is 1. The Labute approximate surface area is 172 Å². The van der Waals surface area contributed by atoms with Crippen molar-refractivity contribution in [2.45, 2.75) is 32.9 Å². The lowest BCUT2D eigenvalue weighted by atomic mass is 10.1. The first-order valence-electron chi connectivity index (χ1n) is 9.97. The highest BCUT2D eigenvalue weighted by molar-refractivity contribution is 7.09. The van der Waals surface area contributed by atoms with Gasteiger partial charge in [0.25, 0.3) is 0 Å². The van der Waals surface area contributed by atoms with Crippen LogP contribution in [-0.4, -0.2) is 61.6 Å². The minimum atomic E-state index is -0.0843. The van der Waals surface area contributed by atoms with Crippen LogP contribution in [0.2, 0.25) is 0 Å². The summed E-state index contributed by atoms with van der Waals surface area (Å²) in [5.41, 5.74) is 2.48. The lowest BCUT2D eigenvalue weighted by Gasteiger charge is -2.37. The van der Waals surface area contributed by atoms with Crippen molar-refractivity contribution >= 4 is 17.2 Å². The van der Waals surface area contributed by atoms with Crippen LogP contribution in [0, 0.1) is 6.92 Å². The molecule has 5 nitrogen and oxygen atoms in total. The normalized spacial score (nSPS) is 16.7. The topological polar surface area (TPSA) is 44.8 Å². The van der Waals surface area contributed by atoms with Crippen LogP contribution in [0.1, 0.15) is 22.9 Å². The number of benzene rings is 1. The molecule has 1 aliphatic rings. The molecule has 2 heterocycles. The van der Waals surface area contributed by atoms with Crippen LogP contribution in [-0.2, 0) is 17.8 Å². The summed E-state index contributed by atoms with van der Waals surface area (Å²) in [6.45, 7) is 9.46. The van der Waals surface area contributed by atoms with Crippen molar-refractivity contribution in [2.24, 2.45) is 0 Å². The van der Waals surface area contributed by atoms with Gasteiger partial charge in [-0.1, -0.05) is 23.8 Å². The molecule has 1 aliphatic heterocycles. The van der Waals surface area contributed by atoms with E-state index in [0.29, 0.717) is 6.54 Å². The highest BCUT2D eigenvalue weighted by Gasteiger charge is 2.25. The maximum Gasteiger partial charge on any atom is 0.237 e. The monoisotopic (exact) mass is 401 g/mol. The zero-order valence-corrected chi connectivity index (χ0v) is 17.9. The van der Waals surface area contributed by atoms with Gasteiger partial charge in [-0.3, -0.25) is 14.6 Å². The van der Waals surface area contributed by atoms with Gasteiger partial charge in [0.2, 0.25) is 5.91 Å². The Hall–Kier alpha value is -1.89. The Morgan fingerprint density at radius 3 is 2.71 bits per heavy atom. The predicted molar refractivity (Wildman–Crippen MR) is 115 cm³/mol. The molecule has 0 unspecified atom stereocenters. The van der Waals surface area contributed by atoms with E-state index < -0.39 is 0 Å². The minimum Gasteiger partial charge on any atom is -0.496 e. The zero-order valence-electron chi connectivity index (χ0n) is 17.1. The third kappa shape index (κ3) is 5.56. The molecule has 1 fully saturated rings. The third-order valence-corrected chi connectivity index (χ3v) is 6.35. The van der Waals surface area contributed by atoms with Crippen LogP contribution in [0.4, 0.5) is 0 Å². The number of thiophene rings is 1. The van der Waals surface area contributed by atoms with Crippen molar-refractivity contribution in [1.29, 1.82) is 0 Å². The molecule has 1 aromatic heterocycles. The summed E-state index contributed by atoms with van der Waals surface area (Å²) in [6, 6.07) is 10.4. The summed E-state index contributed by atoms with van der Waals surface area (Å²) < 4.78 is 5.51. The number of ether oxygens (including phenoxy) is 1. The molecule has 0 radical (unpaired) electrons. The SMILES string of the molecule is COc1ccc(C)cc1CN1CCN([C@H](C)C(=O)NCCc2cccs2)CC1. The summed E-state index contributed by atoms with van der Waals surface area (Å²) in [7, 11) is 1.73. The fourth-order valence-electron chi connectivity index (χ4n) is 3.66. The lowest BCUT2D eigenvalue weighted by Crippen LogP contribution is -2.53. The molecule has 28 heavy (non-hydrogen) atoms. The second-order valence-corrected chi connectivity index (χ2v) is 8.46. The Kier molecular flexibility index (Phi) is 7.48. The molecule has 0 aliphatic carbocycles. The zero-order chi connectivity index (χ0) is 19.9. The summed E-state index contributed by atoms with van der Waals surface area (Å²) >= 11 is 1.74. The molecule has 6 heteroatoms. The van der Waals surface area contributed by atoms with E-state index in [1.807, 2.05) is 13.0 Å². The largest absolute Gasteiger partial charge is 0.496 e. The van der Waals surface area contributed by atoms with E-state index in [1.54, 1.807) is 18.4 Å². The van der Waals surface area contributed by atoms with Gasteiger partial charge in [0, 0.05) is 49.7 Å². The van der Waals surface area contributed by atoms with Gasteiger partial charge in [-0.25, -0.2) is 0 Å². The number of hydrogen-bond donors (Lipinski definition) is 1. The number of rotatable bonds is 8. The minimum absolute atomic E-state index is 0.0843. The molecule has 0 bridgehead atoms. The second-order valence-electron chi connectivity index (χ2n) is 7.42. The first kappa shape index (κ1) is 20.8. The quantitative estimate of drug-likeness (QED) is 0.739. The highest BCUT2D eigenvalue weighted by atomic mass is 32.1. The predicted octanol–water partition coefficient (Wildman–Crippen LogP) is 2.93. The molecule has 1 amide bonds. The fourth-order valence-corrected chi connectivity index (χ4v) is 4.37. The smallest absolute Gasteiger partial charge is 0.237 e. The standard InChI is InChI=1S/C22H31N3O2S/c1-17-6-7-21(27-3)19(15-17)16-24-10-12-25(13-11-24)18(2)22(26)23-9-8-20-5-4-14-28-20/h4-7,14-15,18H,8-13,16H2,1-3H3,(H,23,26)/t18-/m1/s1. The van der Waals surface area contributed by atoms with Crippen LogP contribution < -0.4 is 10.1 Å². The van der Waals surface area contributed by atoms with Gasteiger partial charge in [0.05, 0.1) is 13.2 Å². The van der Waals surface area contributed by atoms with Crippen molar-refractivity contribution < 1.29 is 9.53 Å². The average Bonchev–Trinajstić information content (AvgIpc) is 3.21. The molecule has 152 valence electrons. The van der Waals surface area contributed by atoms with E-state index in [2.05, 4.69) is 51.7 Å². The third-order valence-electron chi connectivity index (χ3n) is 5.41. The fraction of sp³-hybridized carbons (Fsp3) is 0.500. The van der Waals surface area contributed by atoms with E-state index in [4.69, 9.17) is 4.74 Å². The van der Waals surface area contributed by atoms with E-state index in [0.717, 1.165) is 44.9 Å². The summed E-state index contributed by atoms with van der Waals surface area (Å²) in [5, 5.41) is 5.16. The highest BCUT2D eigenvalue weighted by Crippen LogP contribution is 2.22. The van der Waals surface area contributed by atoms with Crippen LogP contribution in [0.3, 0.4) is 0 Å². The number of carbonyl (C=O) groups excluding carboxylic acids is 1. The number of hydrogen-bond acceptors (Lipinski definition) is 5. The Morgan fingerprint density at radius 1 is 1.25 bits per heavy atom. The average molecular weight is 402 g/mol. The summed E-state index contributed by atoms with van der Waals surface area (Å²) in [5.74, 6) is 1.08. The molecule has 1 aromatic carbocycles. The van der Waals surface area contributed by atoms with Crippen molar-refractivity contribution in [3.8, 4) is 5.75 Å². The van der Waals surface area contributed by atoms with Crippen molar-refractivity contribution in [2.75, 3.05) is 39.8 Å². The Balaban J connectivity index is 1.44. The van der Waals surface area contributed by atoms with Gasteiger partial charge in [0.15, 0.2) is 0 Å². The van der Waals surface area contributed by atoms with Gasteiger partial charge < -0.3 is 10.1 Å². The maximum atomic E-state index is 12.5. The van der Waals surface area contributed by atoms with E-state index in [1.165, 1.54) is 16.0 Å². The van der Waals surface area contributed by atoms with Crippen LogP contribution >= 0.6 is 11.3 Å².